The Kier molecular flexibility index (Phi) is 6.15. The van der Waals surface area contributed by atoms with Gasteiger partial charge in [0.05, 0.1) is 4.92 Å². The summed E-state index contributed by atoms with van der Waals surface area (Å²) in [6, 6.07) is 5.23. The van der Waals surface area contributed by atoms with Gasteiger partial charge in [0.2, 0.25) is 11.8 Å². The van der Waals surface area contributed by atoms with Crippen LogP contribution in [-0.4, -0.2) is 27.5 Å². The number of aromatic nitrogens is 2. The minimum atomic E-state index is -0.492. The highest BCUT2D eigenvalue weighted by Crippen LogP contribution is 2.32. The highest BCUT2D eigenvalue weighted by atomic mass is 35.5. The van der Waals surface area contributed by atoms with Gasteiger partial charge in [-0.15, -0.1) is 0 Å². The topological polar surface area (TPSA) is 159 Å². The fourth-order valence-corrected chi connectivity index (χ4v) is 3.69. The van der Waals surface area contributed by atoms with Gasteiger partial charge in [-0.25, -0.2) is 4.98 Å². The molecule has 1 fully saturated rings. The van der Waals surface area contributed by atoms with Crippen LogP contribution >= 0.6 is 11.6 Å². The molecule has 1 aromatic heterocycles. The SMILES string of the molecule is Nc1ccc(Cl)c(Cc2nc(N)nc(NC[C@H]3CC[C@H](N)CC3)c2[N+](=O)[O-])c1. The van der Waals surface area contributed by atoms with Crippen molar-refractivity contribution in [1.29, 1.82) is 0 Å². The minimum Gasteiger partial charge on any atom is -0.399 e. The zero-order chi connectivity index (χ0) is 20.3. The number of nitrogens with zero attached hydrogens (tertiary/aromatic N) is 3. The Morgan fingerprint density at radius 3 is 2.61 bits per heavy atom. The molecule has 7 N–H and O–H groups in total. The van der Waals surface area contributed by atoms with Crippen LogP contribution in [-0.2, 0) is 6.42 Å². The van der Waals surface area contributed by atoms with Crippen LogP contribution in [0.1, 0.15) is 36.9 Å². The normalized spacial score (nSPS) is 19.4. The molecule has 1 heterocycles. The van der Waals surface area contributed by atoms with Crippen LogP contribution in [0.25, 0.3) is 0 Å². The predicted octanol–water partition coefficient (Wildman–Crippen LogP) is 2.72. The molecule has 28 heavy (non-hydrogen) atoms. The van der Waals surface area contributed by atoms with E-state index < -0.39 is 4.92 Å². The molecule has 0 radical (unpaired) electrons. The van der Waals surface area contributed by atoms with E-state index in [1.807, 2.05) is 0 Å². The van der Waals surface area contributed by atoms with Crippen molar-refractivity contribution in [2.45, 2.75) is 38.1 Å². The van der Waals surface area contributed by atoms with E-state index in [4.69, 9.17) is 28.8 Å². The van der Waals surface area contributed by atoms with E-state index in [9.17, 15) is 10.1 Å². The molecule has 10 heteroatoms. The maximum atomic E-state index is 11.8. The molecule has 1 aliphatic rings. The summed E-state index contributed by atoms with van der Waals surface area (Å²) in [5.41, 5.74) is 18.7. The van der Waals surface area contributed by atoms with Crippen LogP contribution in [0.5, 0.6) is 0 Å². The van der Waals surface area contributed by atoms with Crippen molar-refractivity contribution in [3.8, 4) is 0 Å². The fourth-order valence-electron chi connectivity index (χ4n) is 3.50. The molecule has 0 amide bonds. The summed E-state index contributed by atoms with van der Waals surface area (Å²) in [6.45, 7) is 0.572. The summed E-state index contributed by atoms with van der Waals surface area (Å²) < 4.78 is 0. The molecule has 2 aromatic rings. The standard InChI is InChI=1S/C18H24ClN7O2/c19-14-6-5-13(21)7-11(14)8-15-16(26(27)28)17(25-18(22)24-15)23-9-10-1-3-12(20)4-2-10/h5-7,10,12H,1-4,8-9,20-21H2,(H3,22,23,24,25)/t10-,12-. The molecule has 3 rings (SSSR count). The van der Waals surface area contributed by atoms with Gasteiger partial charge < -0.3 is 22.5 Å². The maximum absolute atomic E-state index is 11.8. The smallest absolute Gasteiger partial charge is 0.333 e. The van der Waals surface area contributed by atoms with Crippen molar-refractivity contribution in [1.82, 2.24) is 9.97 Å². The third-order valence-electron chi connectivity index (χ3n) is 5.03. The first-order chi connectivity index (χ1) is 13.3. The lowest BCUT2D eigenvalue weighted by Gasteiger charge is -2.26. The number of benzene rings is 1. The molecule has 1 saturated carbocycles. The lowest BCUT2D eigenvalue weighted by Crippen LogP contribution is -2.29. The van der Waals surface area contributed by atoms with Crippen molar-refractivity contribution in [2.75, 3.05) is 23.3 Å². The van der Waals surface area contributed by atoms with Gasteiger partial charge >= 0.3 is 5.69 Å². The van der Waals surface area contributed by atoms with Crippen LogP contribution in [0.4, 0.5) is 23.1 Å². The third kappa shape index (κ3) is 4.79. The summed E-state index contributed by atoms with van der Waals surface area (Å²) >= 11 is 6.21. The first kappa shape index (κ1) is 20.1. The van der Waals surface area contributed by atoms with E-state index >= 15 is 0 Å². The molecule has 150 valence electrons. The summed E-state index contributed by atoms with van der Waals surface area (Å²) in [5, 5.41) is 15.3. The van der Waals surface area contributed by atoms with E-state index in [-0.39, 0.29) is 35.6 Å². The molecule has 0 bridgehead atoms. The van der Waals surface area contributed by atoms with Gasteiger partial charge in [0, 0.05) is 29.7 Å². The fraction of sp³-hybridized carbons (Fsp3) is 0.444. The number of rotatable bonds is 6. The van der Waals surface area contributed by atoms with Crippen molar-refractivity contribution in [2.24, 2.45) is 11.7 Å². The molecular formula is C18H24ClN7O2. The Morgan fingerprint density at radius 2 is 1.93 bits per heavy atom. The number of nitrogens with two attached hydrogens (primary N) is 3. The third-order valence-corrected chi connectivity index (χ3v) is 5.40. The number of nitrogens with one attached hydrogen (secondary N) is 1. The van der Waals surface area contributed by atoms with Crippen LogP contribution < -0.4 is 22.5 Å². The maximum Gasteiger partial charge on any atom is 0.333 e. The Hall–Kier alpha value is -2.65. The number of nitro groups is 1. The monoisotopic (exact) mass is 405 g/mol. The number of halogens is 1. The molecule has 0 atom stereocenters. The number of hydrogen-bond donors (Lipinski definition) is 4. The number of nitrogen functional groups attached to an aromatic ring is 2. The molecule has 0 aliphatic heterocycles. The van der Waals surface area contributed by atoms with Gasteiger partial charge in [-0.3, -0.25) is 10.1 Å². The van der Waals surface area contributed by atoms with E-state index in [0.717, 1.165) is 25.7 Å². The van der Waals surface area contributed by atoms with Crippen molar-refractivity contribution >= 4 is 34.7 Å². The van der Waals surface area contributed by atoms with Gasteiger partial charge in [0.15, 0.2) is 0 Å². The van der Waals surface area contributed by atoms with Crippen LogP contribution in [0, 0.1) is 16.0 Å². The molecule has 1 aliphatic carbocycles. The summed E-state index contributed by atoms with van der Waals surface area (Å²) in [6.07, 6.45) is 4.00. The van der Waals surface area contributed by atoms with Crippen molar-refractivity contribution in [3.63, 3.8) is 0 Å². The highest BCUT2D eigenvalue weighted by molar-refractivity contribution is 6.31. The van der Waals surface area contributed by atoms with Crippen molar-refractivity contribution in [3.05, 3.63) is 44.6 Å². The first-order valence-electron chi connectivity index (χ1n) is 9.17. The summed E-state index contributed by atoms with van der Waals surface area (Å²) in [7, 11) is 0. The van der Waals surface area contributed by atoms with Gasteiger partial charge in [-0.1, -0.05) is 11.6 Å². The second-order valence-corrected chi connectivity index (χ2v) is 7.58. The van der Waals surface area contributed by atoms with Crippen LogP contribution in [0.15, 0.2) is 18.2 Å². The summed E-state index contributed by atoms with van der Waals surface area (Å²) in [5.74, 6) is 0.485. The van der Waals surface area contributed by atoms with E-state index in [2.05, 4.69) is 15.3 Å². The minimum absolute atomic E-state index is 0.0335. The number of hydrogen-bond acceptors (Lipinski definition) is 8. The van der Waals surface area contributed by atoms with Crippen LogP contribution in [0.2, 0.25) is 5.02 Å². The van der Waals surface area contributed by atoms with Crippen LogP contribution in [0.3, 0.4) is 0 Å². The largest absolute Gasteiger partial charge is 0.399 e. The molecule has 9 nitrogen and oxygen atoms in total. The molecule has 0 unspecified atom stereocenters. The van der Waals surface area contributed by atoms with Gasteiger partial charge in [-0.2, -0.15) is 4.98 Å². The average molecular weight is 406 g/mol. The zero-order valence-electron chi connectivity index (χ0n) is 15.4. The highest BCUT2D eigenvalue weighted by Gasteiger charge is 2.26. The predicted molar refractivity (Wildman–Crippen MR) is 110 cm³/mol. The second kappa shape index (κ2) is 8.57. The molecule has 0 saturated heterocycles. The Labute approximate surface area is 167 Å². The molecule has 0 spiro atoms. The van der Waals surface area contributed by atoms with Gasteiger partial charge in [0.25, 0.3) is 0 Å². The Morgan fingerprint density at radius 1 is 1.21 bits per heavy atom. The van der Waals surface area contributed by atoms with E-state index in [1.165, 1.54) is 0 Å². The number of anilines is 3. The molecular weight excluding hydrogens is 382 g/mol. The lowest BCUT2D eigenvalue weighted by atomic mass is 9.86. The molecule has 1 aromatic carbocycles. The van der Waals surface area contributed by atoms with Crippen molar-refractivity contribution < 1.29 is 4.92 Å². The van der Waals surface area contributed by atoms with E-state index in [1.54, 1.807) is 18.2 Å². The summed E-state index contributed by atoms with van der Waals surface area (Å²) in [4.78, 5) is 19.4. The Bertz CT molecular complexity index is 869. The second-order valence-electron chi connectivity index (χ2n) is 7.17. The quantitative estimate of drug-likeness (QED) is 0.324. The van der Waals surface area contributed by atoms with Gasteiger partial charge in [-0.05, 0) is 55.4 Å². The van der Waals surface area contributed by atoms with Gasteiger partial charge in [0.1, 0.15) is 5.69 Å². The van der Waals surface area contributed by atoms with E-state index in [0.29, 0.717) is 28.7 Å². The lowest BCUT2D eigenvalue weighted by molar-refractivity contribution is -0.385. The Balaban J connectivity index is 1.86. The average Bonchev–Trinajstić information content (AvgIpc) is 2.63. The first-order valence-corrected chi connectivity index (χ1v) is 9.55. The zero-order valence-corrected chi connectivity index (χ0v) is 16.2.